The Kier molecular flexibility index (Phi) is 3.52. The molecule has 23 heavy (non-hydrogen) atoms. The summed E-state index contributed by atoms with van der Waals surface area (Å²) in [6.07, 6.45) is 3.45. The predicted molar refractivity (Wildman–Crippen MR) is 96.1 cm³/mol. The molecule has 4 rings (SSSR count). The van der Waals surface area contributed by atoms with E-state index >= 15 is 0 Å². The molecule has 114 valence electrons. The molecule has 0 saturated heterocycles. The lowest BCUT2D eigenvalue weighted by Gasteiger charge is -2.13. The number of thiophene rings is 1. The van der Waals surface area contributed by atoms with Crippen LogP contribution in [0, 0.1) is 0 Å². The fourth-order valence-corrected chi connectivity index (χ4v) is 3.45. The van der Waals surface area contributed by atoms with Gasteiger partial charge in [0.2, 0.25) is 0 Å². The summed E-state index contributed by atoms with van der Waals surface area (Å²) in [5.74, 6) is 1.46. The van der Waals surface area contributed by atoms with Crippen molar-refractivity contribution >= 4 is 46.3 Å². The number of ether oxygens (including phenoxy) is 1. The summed E-state index contributed by atoms with van der Waals surface area (Å²) in [7, 11) is 1.67. The third kappa shape index (κ3) is 2.48. The van der Waals surface area contributed by atoms with Crippen LogP contribution in [0.4, 0.5) is 17.2 Å². The molecule has 1 aromatic carbocycles. The first-order valence-electron chi connectivity index (χ1n) is 6.98. The van der Waals surface area contributed by atoms with Gasteiger partial charge in [0.25, 0.3) is 0 Å². The van der Waals surface area contributed by atoms with Crippen LogP contribution >= 0.6 is 22.9 Å². The minimum Gasteiger partial charge on any atom is -0.496 e. The van der Waals surface area contributed by atoms with E-state index in [4.69, 9.17) is 16.3 Å². The Morgan fingerprint density at radius 1 is 1.26 bits per heavy atom. The van der Waals surface area contributed by atoms with Crippen molar-refractivity contribution in [2.24, 2.45) is 4.99 Å². The van der Waals surface area contributed by atoms with Crippen LogP contribution in [0.15, 0.2) is 46.9 Å². The van der Waals surface area contributed by atoms with Crippen LogP contribution < -0.4 is 10.1 Å². The monoisotopic (exact) mass is 341 g/mol. The second kappa shape index (κ2) is 5.68. The summed E-state index contributed by atoms with van der Waals surface area (Å²) in [5, 5.41) is 5.94. The zero-order valence-corrected chi connectivity index (χ0v) is 13.8. The molecule has 1 N–H and O–H groups in total. The molecule has 1 aliphatic rings. The summed E-state index contributed by atoms with van der Waals surface area (Å²) in [5.41, 5.74) is 3.53. The molecule has 1 aliphatic heterocycles. The zero-order chi connectivity index (χ0) is 15.8. The molecule has 0 amide bonds. The van der Waals surface area contributed by atoms with Crippen LogP contribution in [0.25, 0.3) is 10.4 Å². The van der Waals surface area contributed by atoms with Gasteiger partial charge in [-0.3, -0.25) is 4.99 Å². The molecule has 0 saturated carbocycles. The van der Waals surface area contributed by atoms with Gasteiger partial charge in [-0.15, -0.1) is 11.3 Å². The summed E-state index contributed by atoms with van der Waals surface area (Å²) >= 11 is 7.88. The van der Waals surface area contributed by atoms with E-state index in [1.54, 1.807) is 36.9 Å². The molecule has 0 unspecified atom stereocenters. The van der Waals surface area contributed by atoms with Crippen molar-refractivity contribution in [1.82, 2.24) is 4.98 Å². The molecule has 0 fully saturated rings. The van der Waals surface area contributed by atoms with Crippen molar-refractivity contribution in [2.75, 3.05) is 12.4 Å². The van der Waals surface area contributed by atoms with Crippen molar-refractivity contribution < 1.29 is 4.74 Å². The molecular formula is C17H12ClN3OS. The lowest BCUT2D eigenvalue weighted by Crippen LogP contribution is -1.98. The fourth-order valence-electron chi connectivity index (χ4n) is 2.51. The average molecular weight is 342 g/mol. The summed E-state index contributed by atoms with van der Waals surface area (Å²) in [4.78, 5) is 9.94. The number of nitrogens with one attached hydrogen (secondary N) is 1. The molecule has 3 heterocycles. The third-order valence-corrected chi connectivity index (χ3v) is 4.83. The molecule has 0 aliphatic carbocycles. The molecule has 0 atom stereocenters. The quantitative estimate of drug-likeness (QED) is 0.539. The van der Waals surface area contributed by atoms with Gasteiger partial charge in [0.05, 0.1) is 12.1 Å². The lowest BCUT2D eigenvalue weighted by atomic mass is 10.1. The van der Waals surface area contributed by atoms with E-state index < -0.39 is 0 Å². The first-order chi connectivity index (χ1) is 11.3. The second-order valence-electron chi connectivity index (χ2n) is 4.99. The molecule has 0 bridgehead atoms. The number of aromatic nitrogens is 1. The van der Waals surface area contributed by atoms with Gasteiger partial charge < -0.3 is 10.1 Å². The Morgan fingerprint density at radius 3 is 2.96 bits per heavy atom. The molecule has 0 radical (unpaired) electrons. The van der Waals surface area contributed by atoms with Crippen LogP contribution in [0.5, 0.6) is 5.75 Å². The highest BCUT2D eigenvalue weighted by atomic mass is 35.5. The van der Waals surface area contributed by atoms with Crippen LogP contribution in [0.1, 0.15) is 5.56 Å². The van der Waals surface area contributed by atoms with E-state index in [0.717, 1.165) is 27.4 Å². The Hall–Kier alpha value is -2.37. The molecule has 3 aromatic rings. The van der Waals surface area contributed by atoms with E-state index in [9.17, 15) is 0 Å². The molecule has 4 nitrogen and oxygen atoms in total. The van der Waals surface area contributed by atoms with Gasteiger partial charge in [0.15, 0.2) is 5.82 Å². The maximum atomic E-state index is 6.21. The second-order valence-corrected chi connectivity index (χ2v) is 6.35. The van der Waals surface area contributed by atoms with E-state index in [0.29, 0.717) is 16.5 Å². The first-order valence-corrected chi connectivity index (χ1v) is 8.23. The summed E-state index contributed by atoms with van der Waals surface area (Å²) in [6, 6.07) is 9.86. The van der Waals surface area contributed by atoms with Crippen LogP contribution in [-0.2, 0) is 0 Å². The van der Waals surface area contributed by atoms with E-state index in [-0.39, 0.29) is 0 Å². The minimum absolute atomic E-state index is 0.567. The summed E-state index contributed by atoms with van der Waals surface area (Å²) < 4.78 is 5.55. The van der Waals surface area contributed by atoms with E-state index in [1.807, 2.05) is 17.5 Å². The van der Waals surface area contributed by atoms with Gasteiger partial charge in [-0.1, -0.05) is 17.7 Å². The smallest absolute Gasteiger partial charge is 0.157 e. The van der Waals surface area contributed by atoms with Gasteiger partial charge >= 0.3 is 0 Å². The fraction of sp³-hybridized carbons (Fsp3) is 0.0588. The van der Waals surface area contributed by atoms with Gasteiger partial charge in [-0.25, -0.2) is 4.98 Å². The van der Waals surface area contributed by atoms with E-state index in [1.165, 1.54) is 0 Å². The standard InChI is InChI=1S/C17H12ClN3OS/c1-22-14-7-10-9-20-16-12(18)4-5-19-17(16)21-13(10)8-11(14)15-3-2-6-23-15/h2-9H,1H3,(H,19,21). The highest BCUT2D eigenvalue weighted by Gasteiger charge is 2.17. The number of benzene rings is 1. The number of hydrogen-bond acceptors (Lipinski definition) is 5. The van der Waals surface area contributed by atoms with Crippen molar-refractivity contribution in [2.45, 2.75) is 0 Å². The number of halogens is 1. The Labute approximate surface area is 142 Å². The van der Waals surface area contributed by atoms with Crippen LogP contribution in [-0.4, -0.2) is 18.3 Å². The highest BCUT2D eigenvalue weighted by Crippen LogP contribution is 2.41. The summed E-state index contributed by atoms with van der Waals surface area (Å²) in [6.45, 7) is 0. The maximum absolute atomic E-state index is 6.21. The number of nitrogens with zero attached hydrogens (tertiary/aromatic N) is 2. The first kappa shape index (κ1) is 14.2. The van der Waals surface area contributed by atoms with Crippen molar-refractivity contribution in [1.29, 1.82) is 0 Å². The average Bonchev–Trinajstić information content (AvgIpc) is 3.02. The number of pyridine rings is 1. The minimum atomic E-state index is 0.567. The van der Waals surface area contributed by atoms with Crippen molar-refractivity contribution in [3.8, 4) is 16.2 Å². The van der Waals surface area contributed by atoms with Gasteiger partial charge in [-0.2, -0.15) is 0 Å². The zero-order valence-electron chi connectivity index (χ0n) is 12.2. The SMILES string of the molecule is COc1cc2c(cc1-c1cccs1)Nc1nccc(Cl)c1N=C2. The van der Waals surface area contributed by atoms with Gasteiger partial charge in [-0.05, 0) is 29.6 Å². The Bertz CT molecular complexity index is 906. The molecular weight excluding hydrogens is 330 g/mol. The number of hydrogen-bond donors (Lipinski definition) is 1. The molecule has 0 spiro atoms. The number of aliphatic imine (C=N–C) groups is 1. The van der Waals surface area contributed by atoms with Crippen molar-refractivity contribution in [3.63, 3.8) is 0 Å². The molecule has 6 heteroatoms. The largest absolute Gasteiger partial charge is 0.496 e. The topological polar surface area (TPSA) is 46.5 Å². The van der Waals surface area contributed by atoms with Gasteiger partial charge in [0, 0.05) is 34.1 Å². The van der Waals surface area contributed by atoms with Crippen LogP contribution in [0.3, 0.4) is 0 Å². The highest BCUT2D eigenvalue weighted by molar-refractivity contribution is 7.13. The number of rotatable bonds is 2. The maximum Gasteiger partial charge on any atom is 0.157 e. The Balaban J connectivity index is 1.89. The van der Waals surface area contributed by atoms with E-state index in [2.05, 4.69) is 27.4 Å². The number of anilines is 2. The normalized spacial score (nSPS) is 12.1. The van der Waals surface area contributed by atoms with Crippen LogP contribution in [0.2, 0.25) is 5.02 Å². The predicted octanol–water partition coefficient (Wildman–Crippen LogP) is 5.28. The Morgan fingerprint density at radius 2 is 2.17 bits per heavy atom. The lowest BCUT2D eigenvalue weighted by molar-refractivity contribution is 0.416. The number of fused-ring (bicyclic) bond motifs is 2. The van der Waals surface area contributed by atoms with Crippen molar-refractivity contribution in [3.05, 3.63) is 52.5 Å². The number of methoxy groups -OCH3 is 1. The molecule has 2 aromatic heterocycles. The van der Waals surface area contributed by atoms with Gasteiger partial charge in [0.1, 0.15) is 11.4 Å². The third-order valence-electron chi connectivity index (χ3n) is 3.62.